The van der Waals surface area contributed by atoms with Gasteiger partial charge in [0.15, 0.2) is 5.82 Å². The van der Waals surface area contributed by atoms with Crippen molar-refractivity contribution in [3.8, 4) is 23.3 Å². The first-order valence-electron chi connectivity index (χ1n) is 13.3. The van der Waals surface area contributed by atoms with Gasteiger partial charge in [-0.05, 0) is 37.9 Å². The van der Waals surface area contributed by atoms with Crippen LogP contribution in [0.25, 0.3) is 32.9 Å². The highest BCUT2D eigenvalue weighted by Crippen LogP contribution is 2.37. The Bertz CT molecular complexity index is 1570. The number of nitrogens with one attached hydrogen (secondary N) is 1. The van der Waals surface area contributed by atoms with E-state index in [-0.39, 0.29) is 29.3 Å². The molecule has 2 aliphatic rings. The lowest BCUT2D eigenvalue weighted by molar-refractivity contribution is 0.188. The van der Waals surface area contributed by atoms with E-state index in [0.717, 1.165) is 30.2 Å². The minimum atomic E-state index is -0.546. The number of anilines is 1. The highest BCUT2D eigenvalue weighted by atomic mass is 35.5. The molecule has 0 amide bonds. The average Bonchev–Trinajstić information content (AvgIpc) is 3.36. The fourth-order valence-electron chi connectivity index (χ4n) is 5.63. The van der Waals surface area contributed by atoms with Crippen LogP contribution in [-0.4, -0.2) is 71.8 Å². The molecule has 4 aromatic rings. The maximum atomic E-state index is 16.4. The van der Waals surface area contributed by atoms with E-state index >= 15 is 4.39 Å². The Kier molecular flexibility index (Phi) is 7.17. The molecule has 0 radical (unpaired) electrons. The molecule has 1 N–H and O–H groups in total. The number of piperazine rings is 1. The zero-order valence-electron chi connectivity index (χ0n) is 21.7. The third-order valence-corrected chi connectivity index (χ3v) is 8.04. The van der Waals surface area contributed by atoms with E-state index in [2.05, 4.69) is 38.2 Å². The summed E-state index contributed by atoms with van der Waals surface area (Å²) in [6.45, 7) is 3.35. The number of likely N-dealkylation sites (N-methyl/N-ethyl adjacent to an activating group) is 1. The van der Waals surface area contributed by atoms with E-state index in [1.165, 1.54) is 0 Å². The monoisotopic (exact) mass is 545 g/mol. The lowest BCUT2D eigenvalue weighted by Crippen LogP contribution is -2.51. The van der Waals surface area contributed by atoms with E-state index in [1.54, 1.807) is 12.3 Å². The molecule has 2 aromatic heterocycles. The van der Waals surface area contributed by atoms with Gasteiger partial charge in [0, 0.05) is 53.9 Å². The summed E-state index contributed by atoms with van der Waals surface area (Å²) in [4.78, 5) is 18.2. The van der Waals surface area contributed by atoms with Gasteiger partial charge in [-0.2, -0.15) is 15.2 Å². The summed E-state index contributed by atoms with van der Waals surface area (Å²) in [6, 6.07) is 13.9. The zero-order valence-corrected chi connectivity index (χ0v) is 22.5. The van der Waals surface area contributed by atoms with Gasteiger partial charge in [0.2, 0.25) is 0 Å². The molecule has 2 aliphatic heterocycles. The largest absolute Gasteiger partial charge is 0.462 e. The second-order valence-corrected chi connectivity index (χ2v) is 10.6. The summed E-state index contributed by atoms with van der Waals surface area (Å²) in [5.41, 5.74) is 0.929. The van der Waals surface area contributed by atoms with Crippen LogP contribution >= 0.6 is 11.6 Å². The van der Waals surface area contributed by atoms with Crippen LogP contribution in [0, 0.1) is 17.1 Å². The first kappa shape index (κ1) is 25.7. The van der Waals surface area contributed by atoms with Crippen molar-refractivity contribution in [2.24, 2.45) is 0 Å². The van der Waals surface area contributed by atoms with Gasteiger partial charge in [0.25, 0.3) is 0 Å². The van der Waals surface area contributed by atoms with Crippen LogP contribution < -0.4 is 15.0 Å². The smallest absolute Gasteiger partial charge is 0.319 e. The fraction of sp³-hybridized carbons (Fsp3) is 0.379. The van der Waals surface area contributed by atoms with Gasteiger partial charge in [-0.15, -0.1) is 0 Å². The Morgan fingerprint density at radius 3 is 2.85 bits per heavy atom. The second-order valence-electron chi connectivity index (χ2n) is 10.2. The molecule has 10 heteroatoms. The summed E-state index contributed by atoms with van der Waals surface area (Å²) in [6.07, 6.45) is 4.16. The normalized spacial score (nSPS) is 20.0. The van der Waals surface area contributed by atoms with Crippen molar-refractivity contribution in [2.75, 3.05) is 44.7 Å². The molecular formula is C29H29ClFN7O. The van der Waals surface area contributed by atoms with Crippen LogP contribution in [0.3, 0.4) is 0 Å². The maximum Gasteiger partial charge on any atom is 0.319 e. The fourth-order valence-corrected chi connectivity index (χ4v) is 5.92. The van der Waals surface area contributed by atoms with Crippen molar-refractivity contribution in [1.29, 1.82) is 5.26 Å². The zero-order chi connectivity index (χ0) is 26.9. The van der Waals surface area contributed by atoms with Crippen molar-refractivity contribution in [2.45, 2.75) is 31.3 Å². The quantitative estimate of drug-likeness (QED) is 0.369. The van der Waals surface area contributed by atoms with Crippen molar-refractivity contribution < 1.29 is 9.13 Å². The Morgan fingerprint density at radius 2 is 2.05 bits per heavy atom. The molecule has 2 fully saturated rings. The van der Waals surface area contributed by atoms with Crippen LogP contribution in [0.4, 0.5) is 10.2 Å². The summed E-state index contributed by atoms with van der Waals surface area (Å²) in [7, 11) is 2.08. The highest BCUT2D eigenvalue weighted by Gasteiger charge is 2.27. The van der Waals surface area contributed by atoms with Gasteiger partial charge < -0.3 is 19.9 Å². The van der Waals surface area contributed by atoms with E-state index in [9.17, 15) is 5.26 Å². The predicted octanol–water partition coefficient (Wildman–Crippen LogP) is 4.80. The Balaban J connectivity index is 1.47. The van der Waals surface area contributed by atoms with Crippen molar-refractivity contribution in [1.82, 2.24) is 25.2 Å². The molecule has 39 heavy (non-hydrogen) atoms. The average molecular weight is 546 g/mol. The number of fused-ring (bicyclic) bond motifs is 2. The van der Waals surface area contributed by atoms with E-state index in [1.807, 2.05) is 30.3 Å². The lowest BCUT2D eigenvalue weighted by atomic mass is 10.0. The molecule has 0 unspecified atom stereocenters. The number of benzene rings is 2. The van der Waals surface area contributed by atoms with Crippen LogP contribution in [0.15, 0.2) is 42.6 Å². The maximum absolute atomic E-state index is 16.4. The molecule has 0 bridgehead atoms. The number of nitriles is 1. The molecule has 200 valence electrons. The van der Waals surface area contributed by atoms with E-state index < -0.39 is 5.82 Å². The SMILES string of the molecule is CN1CCC[C@H]1COc1nc(N2CCN[C@@H](CC#N)C2)c2cnc(-c3cccc4cccc(Cl)c34)c(F)c2n1. The second kappa shape index (κ2) is 10.9. The van der Waals surface area contributed by atoms with Crippen molar-refractivity contribution >= 4 is 39.1 Å². The lowest BCUT2D eigenvalue weighted by Gasteiger charge is -2.34. The van der Waals surface area contributed by atoms with Crippen LogP contribution in [0.2, 0.25) is 5.02 Å². The Labute approximate surface area is 231 Å². The van der Waals surface area contributed by atoms with E-state index in [4.69, 9.17) is 21.3 Å². The van der Waals surface area contributed by atoms with Gasteiger partial charge in [-0.3, -0.25) is 4.98 Å². The number of rotatable bonds is 6. The van der Waals surface area contributed by atoms with Gasteiger partial charge in [-0.1, -0.05) is 41.9 Å². The molecule has 4 heterocycles. The molecule has 0 aliphatic carbocycles. The molecule has 6 rings (SSSR count). The number of likely N-dealkylation sites (tertiary alicyclic amines) is 1. The molecule has 0 saturated carbocycles. The predicted molar refractivity (Wildman–Crippen MR) is 151 cm³/mol. The standard InChI is InChI=1S/C29H29ClFN7O/c1-37-13-4-7-20(37)17-39-29-35-27-22(28(36-29)38-14-12-33-19(16-38)10-11-32)15-34-26(25(27)31)21-8-2-5-18-6-3-9-23(30)24(18)21/h2-3,5-6,8-9,15,19-20,33H,4,7,10,12-14,16-17H2,1H3/t19-,20-/m0/s1. The number of pyridine rings is 1. The molecular weight excluding hydrogens is 517 g/mol. The van der Waals surface area contributed by atoms with Crippen LogP contribution in [0.1, 0.15) is 19.3 Å². The number of aromatic nitrogens is 3. The van der Waals surface area contributed by atoms with Gasteiger partial charge in [0.05, 0.1) is 17.9 Å². The van der Waals surface area contributed by atoms with Crippen molar-refractivity contribution in [3.05, 3.63) is 53.4 Å². The summed E-state index contributed by atoms with van der Waals surface area (Å²) in [5.74, 6) is 0.0169. The molecule has 2 saturated heterocycles. The first-order chi connectivity index (χ1) is 19.0. The Hall–Kier alpha value is -3.58. The van der Waals surface area contributed by atoms with Gasteiger partial charge in [-0.25, -0.2) is 4.39 Å². The van der Waals surface area contributed by atoms with Gasteiger partial charge >= 0.3 is 6.01 Å². The molecule has 0 spiro atoms. The number of ether oxygens (including phenoxy) is 1. The summed E-state index contributed by atoms with van der Waals surface area (Å²) in [5, 5.41) is 15.3. The molecule has 2 atom stereocenters. The van der Waals surface area contributed by atoms with Crippen LogP contribution in [0.5, 0.6) is 6.01 Å². The first-order valence-corrected chi connectivity index (χ1v) is 13.6. The molecule has 8 nitrogen and oxygen atoms in total. The topological polar surface area (TPSA) is 90.2 Å². The minimum absolute atomic E-state index is 0.0137. The molecule has 2 aromatic carbocycles. The highest BCUT2D eigenvalue weighted by molar-refractivity contribution is 6.36. The van der Waals surface area contributed by atoms with Gasteiger partial charge in [0.1, 0.15) is 23.6 Å². The third kappa shape index (κ3) is 4.96. The third-order valence-electron chi connectivity index (χ3n) is 7.72. The summed E-state index contributed by atoms with van der Waals surface area (Å²) >= 11 is 6.55. The number of nitrogens with zero attached hydrogens (tertiary/aromatic N) is 6. The van der Waals surface area contributed by atoms with Crippen molar-refractivity contribution in [3.63, 3.8) is 0 Å². The van der Waals surface area contributed by atoms with Crippen LogP contribution in [-0.2, 0) is 0 Å². The minimum Gasteiger partial charge on any atom is -0.462 e. The Morgan fingerprint density at radius 1 is 1.21 bits per heavy atom. The number of hydrogen-bond donors (Lipinski definition) is 1. The summed E-state index contributed by atoms with van der Waals surface area (Å²) < 4.78 is 22.5. The van der Waals surface area contributed by atoms with E-state index in [0.29, 0.717) is 54.5 Å². The number of hydrogen-bond acceptors (Lipinski definition) is 8. The number of halogens is 2.